The highest BCUT2D eigenvalue weighted by Crippen LogP contribution is 2.48. The minimum Gasteiger partial charge on any atom is -0.358 e. The predicted octanol–water partition coefficient (Wildman–Crippen LogP) is 4.20. The van der Waals surface area contributed by atoms with Gasteiger partial charge in [0, 0.05) is 54.2 Å². The molecule has 3 aliphatic rings. The SMILES string of the molecule is CCN(CC)C(=O)NC1CC2c3cccc4[nH]c(C5CCC5)c(c34)CC2N(C)C1. The molecule has 2 fully saturated rings. The Morgan fingerprint density at radius 1 is 1.28 bits per heavy atom. The Morgan fingerprint density at radius 3 is 2.76 bits per heavy atom. The molecule has 2 aromatic rings. The number of likely N-dealkylation sites (tertiary alicyclic amines) is 1. The quantitative estimate of drug-likeness (QED) is 0.817. The molecule has 29 heavy (non-hydrogen) atoms. The number of amides is 2. The smallest absolute Gasteiger partial charge is 0.317 e. The van der Waals surface area contributed by atoms with Crippen LogP contribution in [0, 0.1) is 0 Å². The number of rotatable bonds is 4. The van der Waals surface area contributed by atoms with Gasteiger partial charge in [0.05, 0.1) is 0 Å². The van der Waals surface area contributed by atoms with Gasteiger partial charge >= 0.3 is 6.03 Å². The third-order valence-electron chi connectivity index (χ3n) is 7.77. The van der Waals surface area contributed by atoms with Crippen molar-refractivity contribution >= 4 is 16.9 Å². The fourth-order valence-electron chi connectivity index (χ4n) is 5.98. The van der Waals surface area contributed by atoms with Gasteiger partial charge in [0.2, 0.25) is 0 Å². The maximum absolute atomic E-state index is 12.6. The van der Waals surface area contributed by atoms with Crippen LogP contribution in [0.3, 0.4) is 0 Å². The van der Waals surface area contributed by atoms with Gasteiger partial charge in [0.1, 0.15) is 0 Å². The van der Waals surface area contributed by atoms with Crippen LogP contribution in [0.2, 0.25) is 0 Å². The third kappa shape index (κ3) is 3.05. The van der Waals surface area contributed by atoms with Gasteiger partial charge in [-0.2, -0.15) is 0 Å². The fourth-order valence-corrected chi connectivity index (χ4v) is 5.98. The number of nitrogens with zero attached hydrogens (tertiary/aromatic N) is 2. The molecule has 0 bridgehead atoms. The van der Waals surface area contributed by atoms with Crippen LogP contribution >= 0.6 is 0 Å². The van der Waals surface area contributed by atoms with Crippen LogP contribution < -0.4 is 5.32 Å². The molecule has 2 N–H and O–H groups in total. The molecule has 0 spiro atoms. The molecular formula is C24H34N4O. The Labute approximate surface area is 173 Å². The van der Waals surface area contributed by atoms with Gasteiger partial charge < -0.3 is 20.1 Å². The molecule has 5 heteroatoms. The second-order valence-electron chi connectivity index (χ2n) is 9.29. The molecule has 1 aromatic heterocycles. The van der Waals surface area contributed by atoms with Gasteiger partial charge in [-0.1, -0.05) is 18.6 Å². The van der Waals surface area contributed by atoms with Crippen molar-refractivity contribution in [3.05, 3.63) is 35.0 Å². The molecular weight excluding hydrogens is 360 g/mol. The number of benzene rings is 1. The summed E-state index contributed by atoms with van der Waals surface area (Å²) in [5.74, 6) is 1.22. The number of carbonyl (C=O) groups excluding carboxylic acids is 1. The van der Waals surface area contributed by atoms with Crippen LogP contribution in [0.5, 0.6) is 0 Å². The van der Waals surface area contributed by atoms with E-state index in [0.29, 0.717) is 12.0 Å². The minimum atomic E-state index is 0.0791. The number of fused-ring (bicyclic) bond motifs is 2. The molecule has 2 amide bonds. The van der Waals surface area contributed by atoms with E-state index in [1.54, 1.807) is 5.56 Å². The molecule has 1 aromatic carbocycles. The maximum atomic E-state index is 12.6. The highest BCUT2D eigenvalue weighted by Gasteiger charge is 2.41. The second kappa shape index (κ2) is 7.35. The lowest BCUT2D eigenvalue weighted by atomic mass is 9.72. The molecule has 2 heterocycles. The number of piperidine rings is 1. The van der Waals surface area contributed by atoms with Crippen molar-refractivity contribution in [2.24, 2.45) is 0 Å². The Hall–Kier alpha value is -2.01. The van der Waals surface area contributed by atoms with E-state index in [2.05, 4.69) is 40.4 Å². The molecule has 156 valence electrons. The van der Waals surface area contributed by atoms with Crippen LogP contribution in [-0.4, -0.2) is 59.6 Å². The second-order valence-corrected chi connectivity index (χ2v) is 9.29. The van der Waals surface area contributed by atoms with Gasteiger partial charge in [-0.05, 0) is 69.7 Å². The molecule has 1 aliphatic heterocycles. The summed E-state index contributed by atoms with van der Waals surface area (Å²) in [7, 11) is 2.24. The summed E-state index contributed by atoms with van der Waals surface area (Å²) in [6, 6.07) is 7.61. The van der Waals surface area contributed by atoms with E-state index in [-0.39, 0.29) is 12.1 Å². The average Bonchev–Trinajstić information content (AvgIpc) is 3.02. The molecule has 5 nitrogen and oxygen atoms in total. The number of hydrogen-bond acceptors (Lipinski definition) is 2. The van der Waals surface area contributed by atoms with Crippen molar-refractivity contribution in [1.82, 2.24) is 20.1 Å². The van der Waals surface area contributed by atoms with Crippen molar-refractivity contribution in [2.75, 3.05) is 26.7 Å². The normalized spacial score (nSPS) is 26.8. The van der Waals surface area contributed by atoms with Crippen molar-refractivity contribution in [2.45, 2.75) is 69.9 Å². The number of hydrogen-bond donors (Lipinski definition) is 2. The molecule has 2 aliphatic carbocycles. The van der Waals surface area contributed by atoms with E-state index < -0.39 is 0 Å². The van der Waals surface area contributed by atoms with Crippen molar-refractivity contribution in [3.63, 3.8) is 0 Å². The lowest BCUT2D eigenvalue weighted by Gasteiger charge is -2.46. The van der Waals surface area contributed by atoms with Gasteiger partial charge in [-0.3, -0.25) is 0 Å². The summed E-state index contributed by atoms with van der Waals surface area (Å²) in [6.07, 6.45) is 6.20. The van der Waals surface area contributed by atoms with E-state index in [0.717, 1.165) is 38.4 Å². The van der Waals surface area contributed by atoms with Crippen LogP contribution in [0.1, 0.15) is 68.2 Å². The first kappa shape index (κ1) is 19.0. The van der Waals surface area contributed by atoms with Crippen molar-refractivity contribution in [3.8, 4) is 0 Å². The standard InChI is InChI=1S/C24H34N4O/c1-4-28(5-2)24(29)25-16-12-18-17-10-7-11-20-22(17)19(13-21(18)27(3)14-16)23(26-20)15-8-6-9-15/h7,10-11,15-16,18,21,26H,4-6,8-9,12-14H2,1-3H3,(H,25,29). The van der Waals surface area contributed by atoms with Crippen LogP contribution in [0.4, 0.5) is 4.79 Å². The maximum Gasteiger partial charge on any atom is 0.317 e. The number of aromatic nitrogens is 1. The number of carbonyl (C=O) groups is 1. The molecule has 5 rings (SSSR count). The number of urea groups is 1. The molecule has 0 radical (unpaired) electrons. The molecule has 3 unspecified atom stereocenters. The fraction of sp³-hybridized carbons (Fsp3) is 0.625. The Balaban J connectivity index is 1.46. The first-order valence-corrected chi connectivity index (χ1v) is 11.5. The molecule has 3 atom stereocenters. The number of nitrogens with one attached hydrogen (secondary N) is 2. The number of H-pyrrole nitrogens is 1. The largest absolute Gasteiger partial charge is 0.358 e. The van der Waals surface area contributed by atoms with Crippen molar-refractivity contribution in [1.29, 1.82) is 0 Å². The molecule has 1 saturated heterocycles. The predicted molar refractivity (Wildman–Crippen MR) is 118 cm³/mol. The highest BCUT2D eigenvalue weighted by atomic mass is 16.2. The summed E-state index contributed by atoms with van der Waals surface area (Å²) < 4.78 is 0. The Bertz CT molecular complexity index is 911. The average molecular weight is 395 g/mol. The van der Waals surface area contributed by atoms with Crippen LogP contribution in [0.15, 0.2) is 18.2 Å². The zero-order valence-electron chi connectivity index (χ0n) is 18.0. The van der Waals surface area contributed by atoms with Gasteiger partial charge in [-0.15, -0.1) is 0 Å². The summed E-state index contributed by atoms with van der Waals surface area (Å²) in [5.41, 5.74) is 5.90. The number of aromatic amines is 1. The lowest BCUT2D eigenvalue weighted by Crippen LogP contribution is -2.56. The van der Waals surface area contributed by atoms with Crippen LogP contribution in [-0.2, 0) is 6.42 Å². The van der Waals surface area contributed by atoms with Gasteiger partial charge in [0.15, 0.2) is 0 Å². The zero-order valence-corrected chi connectivity index (χ0v) is 18.0. The van der Waals surface area contributed by atoms with E-state index >= 15 is 0 Å². The van der Waals surface area contributed by atoms with E-state index in [1.165, 1.54) is 41.4 Å². The summed E-state index contributed by atoms with van der Waals surface area (Å²) >= 11 is 0. The lowest BCUT2D eigenvalue weighted by molar-refractivity contribution is 0.123. The zero-order chi connectivity index (χ0) is 20.1. The first-order valence-electron chi connectivity index (χ1n) is 11.5. The number of likely N-dealkylation sites (N-methyl/N-ethyl adjacent to an activating group) is 1. The summed E-state index contributed by atoms with van der Waals surface area (Å²) in [5, 5.41) is 4.81. The Kier molecular flexibility index (Phi) is 4.81. The first-order chi connectivity index (χ1) is 14.1. The highest BCUT2D eigenvalue weighted by molar-refractivity contribution is 5.90. The van der Waals surface area contributed by atoms with Gasteiger partial charge in [0.25, 0.3) is 0 Å². The summed E-state index contributed by atoms with van der Waals surface area (Å²) in [4.78, 5) is 20.8. The van der Waals surface area contributed by atoms with Crippen LogP contribution in [0.25, 0.3) is 10.9 Å². The van der Waals surface area contributed by atoms with E-state index in [9.17, 15) is 4.79 Å². The van der Waals surface area contributed by atoms with E-state index in [1.807, 2.05) is 18.7 Å². The minimum absolute atomic E-state index is 0.0791. The third-order valence-corrected chi connectivity index (χ3v) is 7.77. The monoisotopic (exact) mass is 394 g/mol. The van der Waals surface area contributed by atoms with Gasteiger partial charge in [-0.25, -0.2) is 4.79 Å². The summed E-state index contributed by atoms with van der Waals surface area (Å²) in [6.45, 7) is 6.53. The molecule has 1 saturated carbocycles. The van der Waals surface area contributed by atoms with Crippen molar-refractivity contribution < 1.29 is 4.79 Å². The van der Waals surface area contributed by atoms with E-state index in [4.69, 9.17) is 0 Å². The Morgan fingerprint density at radius 2 is 2.07 bits per heavy atom. The topological polar surface area (TPSA) is 51.4 Å².